The maximum atomic E-state index is 13.0. The van der Waals surface area contributed by atoms with Crippen LogP contribution in [0.2, 0.25) is 5.02 Å². The Morgan fingerprint density at radius 3 is 2.50 bits per heavy atom. The first-order valence-corrected chi connectivity index (χ1v) is 10.3. The lowest BCUT2D eigenvalue weighted by molar-refractivity contribution is -0.135. The predicted octanol–water partition coefficient (Wildman–Crippen LogP) is 3.70. The standard InChI is InChI=1S/C21H31ClN2O2/c1-15(2)20(23-13-16-9-12-26-14-16)21(25)24-10-7-18(8-11-24)17-3-5-19(22)6-4-17/h3-6,15-16,18,20,23H,7-14H2,1-2H3/t16?,20-/m1/s1. The molecular weight excluding hydrogens is 348 g/mol. The number of rotatable bonds is 6. The fraction of sp³-hybridized carbons (Fsp3) is 0.667. The second-order valence-corrected chi connectivity index (χ2v) is 8.45. The number of benzene rings is 1. The lowest BCUT2D eigenvalue weighted by Crippen LogP contribution is -2.52. The van der Waals surface area contributed by atoms with Gasteiger partial charge in [-0.15, -0.1) is 0 Å². The van der Waals surface area contributed by atoms with Gasteiger partial charge in [-0.3, -0.25) is 4.79 Å². The molecule has 1 aromatic carbocycles. The number of nitrogens with zero attached hydrogens (tertiary/aromatic N) is 1. The largest absolute Gasteiger partial charge is 0.381 e. The van der Waals surface area contributed by atoms with Gasteiger partial charge in [0.1, 0.15) is 0 Å². The summed E-state index contributed by atoms with van der Waals surface area (Å²) in [7, 11) is 0. The van der Waals surface area contributed by atoms with E-state index in [-0.39, 0.29) is 11.9 Å². The molecule has 144 valence electrons. The van der Waals surface area contributed by atoms with Crippen molar-refractivity contribution in [3.8, 4) is 0 Å². The molecule has 0 aromatic heterocycles. The summed E-state index contributed by atoms with van der Waals surface area (Å²) < 4.78 is 5.44. The van der Waals surface area contributed by atoms with E-state index in [2.05, 4.69) is 36.2 Å². The number of hydrogen-bond acceptors (Lipinski definition) is 3. The van der Waals surface area contributed by atoms with Crippen LogP contribution in [0.4, 0.5) is 0 Å². The molecule has 2 heterocycles. The zero-order valence-corrected chi connectivity index (χ0v) is 16.7. The van der Waals surface area contributed by atoms with Gasteiger partial charge in [0.2, 0.25) is 5.91 Å². The number of carbonyl (C=O) groups is 1. The average Bonchev–Trinajstić information content (AvgIpc) is 3.16. The Bertz CT molecular complexity index is 576. The first-order valence-electron chi connectivity index (χ1n) is 9.90. The normalized spacial score (nSPS) is 22.8. The van der Waals surface area contributed by atoms with Crippen molar-refractivity contribution in [3.05, 3.63) is 34.9 Å². The van der Waals surface area contributed by atoms with Gasteiger partial charge in [-0.2, -0.15) is 0 Å². The summed E-state index contributed by atoms with van der Waals surface area (Å²) in [5.74, 6) is 1.62. The summed E-state index contributed by atoms with van der Waals surface area (Å²) in [6.45, 7) is 8.47. The van der Waals surface area contributed by atoms with Crippen molar-refractivity contribution in [1.82, 2.24) is 10.2 Å². The highest BCUT2D eigenvalue weighted by Crippen LogP contribution is 2.29. The van der Waals surface area contributed by atoms with E-state index >= 15 is 0 Å². The number of nitrogens with one attached hydrogen (secondary N) is 1. The van der Waals surface area contributed by atoms with Crippen LogP contribution in [0, 0.1) is 11.8 Å². The van der Waals surface area contributed by atoms with Gasteiger partial charge < -0.3 is 15.0 Å². The molecule has 0 spiro atoms. The molecule has 0 aliphatic carbocycles. The van der Waals surface area contributed by atoms with E-state index in [1.54, 1.807) is 0 Å². The van der Waals surface area contributed by atoms with Gasteiger partial charge in [-0.05, 0) is 54.7 Å². The number of likely N-dealkylation sites (tertiary alicyclic amines) is 1. The molecule has 1 N–H and O–H groups in total. The van der Waals surface area contributed by atoms with Crippen LogP contribution in [0.5, 0.6) is 0 Å². The molecule has 4 nitrogen and oxygen atoms in total. The minimum Gasteiger partial charge on any atom is -0.381 e. The molecule has 2 atom stereocenters. The monoisotopic (exact) mass is 378 g/mol. The van der Waals surface area contributed by atoms with Crippen molar-refractivity contribution >= 4 is 17.5 Å². The van der Waals surface area contributed by atoms with E-state index < -0.39 is 0 Å². The van der Waals surface area contributed by atoms with Crippen molar-refractivity contribution in [1.29, 1.82) is 0 Å². The SMILES string of the molecule is CC(C)[C@@H](NCC1CCOC1)C(=O)N1CCC(c2ccc(Cl)cc2)CC1. The third kappa shape index (κ3) is 4.99. The third-order valence-electron chi connectivity index (χ3n) is 5.73. The third-order valence-corrected chi connectivity index (χ3v) is 5.98. The summed E-state index contributed by atoms with van der Waals surface area (Å²) >= 11 is 5.99. The fourth-order valence-corrected chi connectivity index (χ4v) is 4.14. The molecule has 2 fully saturated rings. The fourth-order valence-electron chi connectivity index (χ4n) is 4.01. The summed E-state index contributed by atoms with van der Waals surface area (Å²) in [5.41, 5.74) is 1.33. The summed E-state index contributed by atoms with van der Waals surface area (Å²) in [4.78, 5) is 15.1. The minimum atomic E-state index is -0.0947. The van der Waals surface area contributed by atoms with Gasteiger partial charge in [0.05, 0.1) is 12.6 Å². The molecule has 1 unspecified atom stereocenters. The number of carbonyl (C=O) groups excluding carboxylic acids is 1. The lowest BCUT2D eigenvalue weighted by Gasteiger charge is -2.36. The topological polar surface area (TPSA) is 41.6 Å². The van der Waals surface area contributed by atoms with Gasteiger partial charge in [0.25, 0.3) is 0 Å². The first-order chi connectivity index (χ1) is 12.5. The molecule has 2 saturated heterocycles. The Morgan fingerprint density at radius 2 is 1.92 bits per heavy atom. The Balaban J connectivity index is 1.52. The van der Waals surface area contributed by atoms with Gasteiger partial charge in [0, 0.05) is 31.3 Å². The highest BCUT2D eigenvalue weighted by molar-refractivity contribution is 6.30. The molecule has 26 heavy (non-hydrogen) atoms. The van der Waals surface area contributed by atoms with E-state index in [4.69, 9.17) is 16.3 Å². The number of hydrogen-bond donors (Lipinski definition) is 1. The first kappa shape index (κ1) is 19.7. The molecular formula is C21H31ClN2O2. The lowest BCUT2D eigenvalue weighted by atomic mass is 9.89. The summed E-state index contributed by atoms with van der Waals surface area (Å²) in [6, 6.07) is 8.06. The highest BCUT2D eigenvalue weighted by Gasteiger charge is 2.31. The zero-order valence-electron chi connectivity index (χ0n) is 15.9. The molecule has 3 rings (SSSR count). The number of amides is 1. The Labute approximate surface area is 162 Å². The quantitative estimate of drug-likeness (QED) is 0.820. The van der Waals surface area contributed by atoms with Crippen molar-refractivity contribution in [2.75, 3.05) is 32.8 Å². The number of halogens is 1. The molecule has 2 aliphatic heterocycles. The molecule has 1 aromatic rings. The van der Waals surface area contributed by atoms with E-state index in [1.165, 1.54) is 5.56 Å². The Morgan fingerprint density at radius 1 is 1.23 bits per heavy atom. The van der Waals surface area contributed by atoms with Crippen LogP contribution < -0.4 is 5.32 Å². The van der Waals surface area contributed by atoms with Crippen LogP contribution in [0.3, 0.4) is 0 Å². The van der Waals surface area contributed by atoms with Crippen LogP contribution in [-0.2, 0) is 9.53 Å². The van der Waals surface area contributed by atoms with Crippen LogP contribution >= 0.6 is 11.6 Å². The van der Waals surface area contributed by atoms with Gasteiger partial charge in [0.15, 0.2) is 0 Å². The smallest absolute Gasteiger partial charge is 0.239 e. The molecule has 0 radical (unpaired) electrons. The molecule has 1 amide bonds. The number of piperidine rings is 1. The van der Waals surface area contributed by atoms with Crippen molar-refractivity contribution in [3.63, 3.8) is 0 Å². The second-order valence-electron chi connectivity index (χ2n) is 8.01. The molecule has 5 heteroatoms. The summed E-state index contributed by atoms with van der Waals surface area (Å²) in [5, 5.41) is 4.30. The van der Waals surface area contributed by atoms with Crippen LogP contribution in [0.1, 0.15) is 44.6 Å². The van der Waals surface area contributed by atoms with Crippen LogP contribution in [0.15, 0.2) is 24.3 Å². The van der Waals surface area contributed by atoms with Crippen LogP contribution in [0.25, 0.3) is 0 Å². The maximum Gasteiger partial charge on any atom is 0.239 e. The van der Waals surface area contributed by atoms with Gasteiger partial charge in [-0.1, -0.05) is 37.6 Å². The maximum absolute atomic E-state index is 13.0. The highest BCUT2D eigenvalue weighted by atomic mass is 35.5. The Hall–Kier alpha value is -1.10. The van der Waals surface area contributed by atoms with Crippen LogP contribution in [-0.4, -0.2) is 49.7 Å². The van der Waals surface area contributed by atoms with E-state index in [9.17, 15) is 4.79 Å². The molecule has 0 bridgehead atoms. The van der Waals surface area contributed by atoms with Crippen molar-refractivity contribution in [2.24, 2.45) is 11.8 Å². The van der Waals surface area contributed by atoms with Gasteiger partial charge in [-0.25, -0.2) is 0 Å². The predicted molar refractivity (Wildman–Crippen MR) is 106 cm³/mol. The average molecular weight is 379 g/mol. The summed E-state index contributed by atoms with van der Waals surface area (Å²) in [6.07, 6.45) is 3.14. The van der Waals surface area contributed by atoms with Gasteiger partial charge >= 0.3 is 0 Å². The number of ether oxygens (including phenoxy) is 1. The second kappa shape index (κ2) is 9.20. The van der Waals surface area contributed by atoms with E-state index in [0.717, 1.165) is 57.1 Å². The van der Waals surface area contributed by atoms with E-state index in [1.807, 2.05) is 12.1 Å². The molecule has 2 aliphatic rings. The minimum absolute atomic E-state index is 0.0947. The van der Waals surface area contributed by atoms with Crippen molar-refractivity contribution < 1.29 is 9.53 Å². The zero-order chi connectivity index (χ0) is 18.5. The Kier molecular flexibility index (Phi) is 6.96. The molecule has 0 saturated carbocycles. The van der Waals surface area contributed by atoms with Crippen molar-refractivity contribution in [2.45, 2.75) is 45.1 Å². The van der Waals surface area contributed by atoms with E-state index in [0.29, 0.717) is 17.8 Å².